The van der Waals surface area contributed by atoms with E-state index in [0.29, 0.717) is 6.61 Å². The summed E-state index contributed by atoms with van der Waals surface area (Å²) in [6.45, 7) is 4.82. The Bertz CT molecular complexity index is 107. The van der Waals surface area contributed by atoms with Crippen LogP contribution in [0.5, 0.6) is 0 Å². The van der Waals surface area contributed by atoms with Crippen molar-refractivity contribution in [3.05, 3.63) is 0 Å². The van der Waals surface area contributed by atoms with Crippen LogP contribution in [0.4, 0.5) is 0 Å². The molecule has 2 N–H and O–H groups in total. The van der Waals surface area contributed by atoms with Gasteiger partial charge in [-0.1, -0.05) is 6.92 Å². The van der Waals surface area contributed by atoms with Crippen LogP contribution in [0.3, 0.4) is 0 Å². The molecule has 0 saturated carbocycles. The molecule has 13 heavy (non-hydrogen) atoms. The van der Waals surface area contributed by atoms with Gasteiger partial charge >= 0.3 is 8.80 Å². The monoisotopic (exact) mass is 212 g/mol. The van der Waals surface area contributed by atoms with Gasteiger partial charge < -0.3 is 23.5 Å². The summed E-state index contributed by atoms with van der Waals surface area (Å²) in [4.78, 5) is 0. The molecule has 0 spiro atoms. The lowest BCUT2D eigenvalue weighted by Crippen LogP contribution is -2.40. The van der Waals surface area contributed by atoms with Crippen molar-refractivity contribution >= 4 is 8.80 Å². The van der Waals surface area contributed by atoms with E-state index >= 15 is 0 Å². The topological polar surface area (TPSA) is 68.4 Å². The van der Waals surface area contributed by atoms with E-state index in [1.807, 2.05) is 13.5 Å². The van der Waals surface area contributed by atoms with Gasteiger partial charge in [0.25, 0.3) is 0 Å². The third-order valence-electron chi connectivity index (χ3n) is 1.49. The van der Waals surface area contributed by atoms with Crippen LogP contribution in [0.25, 0.3) is 0 Å². The lowest BCUT2D eigenvalue weighted by atomic mass is 10.5. The first kappa shape index (κ1) is 15.5. The van der Waals surface area contributed by atoms with Crippen LogP contribution in [-0.2, 0) is 18.0 Å². The molecule has 82 valence electrons. The van der Waals surface area contributed by atoms with Crippen LogP contribution >= 0.6 is 0 Å². The summed E-state index contributed by atoms with van der Waals surface area (Å²) in [6, 6.07) is 0. The average Bonchev–Trinajstić information content (AvgIpc) is 2.12. The van der Waals surface area contributed by atoms with Gasteiger partial charge in [0, 0.05) is 27.4 Å². The Morgan fingerprint density at radius 3 is 2.08 bits per heavy atom. The molecule has 0 radical (unpaired) electrons. The van der Waals surface area contributed by atoms with Crippen molar-refractivity contribution in [1.82, 2.24) is 0 Å². The maximum atomic E-state index is 5.30. The van der Waals surface area contributed by atoms with Gasteiger partial charge in [-0.05, 0) is 6.42 Å². The van der Waals surface area contributed by atoms with Gasteiger partial charge in [0.15, 0.2) is 0 Å². The first-order chi connectivity index (χ1) is 5.68. The Morgan fingerprint density at radius 2 is 1.69 bits per heavy atom. The van der Waals surface area contributed by atoms with E-state index in [4.69, 9.17) is 18.0 Å². The molecule has 0 amide bonds. The molecule has 0 aromatic heterocycles. The highest BCUT2D eigenvalue weighted by Crippen LogP contribution is 2.05. The predicted octanol–water partition coefficient (Wildman–Crippen LogP) is 0.424. The van der Waals surface area contributed by atoms with Crippen LogP contribution in [0.15, 0.2) is 0 Å². The maximum Gasteiger partial charge on any atom is 0.498 e. The fourth-order valence-electron chi connectivity index (χ4n) is 0.553. The Morgan fingerprint density at radius 1 is 1.15 bits per heavy atom. The molecule has 0 fully saturated rings. The highest BCUT2D eigenvalue weighted by molar-refractivity contribution is 6.59. The minimum absolute atomic E-state index is 0. The van der Waals surface area contributed by atoms with E-state index in [1.54, 1.807) is 14.2 Å². The molecule has 0 saturated heterocycles. The Labute approximate surface area is 80.6 Å². The summed E-state index contributed by atoms with van der Waals surface area (Å²) < 4.78 is 20.6. The molecule has 0 aliphatic carbocycles. The van der Waals surface area contributed by atoms with Crippen molar-refractivity contribution in [1.29, 1.82) is 0 Å². The molecule has 0 aliphatic heterocycles. The quantitative estimate of drug-likeness (QED) is 0.348. The molecule has 5 nitrogen and oxygen atoms in total. The number of rotatable bonds is 7. The van der Waals surface area contributed by atoms with Gasteiger partial charge in [-0.2, -0.15) is 0 Å². The second kappa shape index (κ2) is 8.61. The van der Waals surface area contributed by atoms with E-state index in [2.05, 4.69) is 0 Å². The molecule has 0 unspecified atom stereocenters. The molecule has 0 bridgehead atoms. The van der Waals surface area contributed by atoms with E-state index in [9.17, 15) is 0 Å². The highest BCUT2D eigenvalue weighted by Gasteiger charge is 2.31. The Kier molecular flexibility index (Phi) is 10.3. The van der Waals surface area contributed by atoms with Crippen LogP contribution in [-0.4, -0.2) is 41.9 Å². The minimum atomic E-state index is -2.37. The standard InChI is InChI=1S/C7H18O4Si.H2O/c1-5-6-10-7-11-12(4,8-2)9-3;/h5-7H2,1-4H3;1H2. The number of hydrogen-bond donors (Lipinski definition) is 0. The van der Waals surface area contributed by atoms with E-state index in [-0.39, 0.29) is 12.3 Å². The molecule has 6 heteroatoms. The zero-order valence-corrected chi connectivity index (χ0v) is 9.75. The average molecular weight is 212 g/mol. The first-order valence-corrected chi connectivity index (χ1v) is 6.23. The molecule has 0 heterocycles. The molecular formula is C7H20O5Si. The van der Waals surface area contributed by atoms with Crippen LogP contribution in [0.2, 0.25) is 6.55 Å². The van der Waals surface area contributed by atoms with Crippen molar-refractivity contribution in [2.75, 3.05) is 27.6 Å². The Balaban J connectivity index is 0. The molecule has 0 aliphatic rings. The molecule has 0 aromatic carbocycles. The Hall–Kier alpha value is 0.0169. The van der Waals surface area contributed by atoms with Crippen LogP contribution < -0.4 is 0 Å². The largest absolute Gasteiger partial charge is 0.498 e. The van der Waals surface area contributed by atoms with Crippen molar-refractivity contribution in [2.45, 2.75) is 19.9 Å². The normalized spacial score (nSPS) is 11.1. The van der Waals surface area contributed by atoms with E-state index in [1.165, 1.54) is 0 Å². The smallest absolute Gasteiger partial charge is 0.412 e. The van der Waals surface area contributed by atoms with Gasteiger partial charge in [0.1, 0.15) is 6.79 Å². The van der Waals surface area contributed by atoms with E-state index < -0.39 is 8.80 Å². The minimum Gasteiger partial charge on any atom is -0.412 e. The molecular weight excluding hydrogens is 192 g/mol. The molecule has 0 rings (SSSR count). The summed E-state index contributed by atoms with van der Waals surface area (Å²) in [5.41, 5.74) is 0. The third kappa shape index (κ3) is 7.12. The van der Waals surface area contributed by atoms with Gasteiger partial charge in [0.2, 0.25) is 0 Å². The van der Waals surface area contributed by atoms with Crippen molar-refractivity contribution < 1.29 is 23.5 Å². The van der Waals surface area contributed by atoms with Gasteiger partial charge in [0.05, 0.1) is 0 Å². The highest BCUT2D eigenvalue weighted by atomic mass is 28.4. The summed E-state index contributed by atoms with van der Waals surface area (Å²) in [6.07, 6.45) is 0.988. The van der Waals surface area contributed by atoms with Crippen LogP contribution in [0, 0.1) is 0 Å². The second-order valence-electron chi connectivity index (χ2n) is 2.44. The lowest BCUT2D eigenvalue weighted by Gasteiger charge is -2.21. The third-order valence-corrected chi connectivity index (χ3v) is 3.62. The zero-order valence-electron chi connectivity index (χ0n) is 8.75. The summed E-state index contributed by atoms with van der Waals surface area (Å²) in [5.74, 6) is 0. The van der Waals surface area contributed by atoms with Gasteiger partial charge in [-0.15, -0.1) is 0 Å². The second-order valence-corrected chi connectivity index (χ2v) is 5.27. The van der Waals surface area contributed by atoms with E-state index in [0.717, 1.165) is 6.42 Å². The number of ether oxygens (including phenoxy) is 1. The zero-order chi connectivity index (χ0) is 9.45. The SMILES string of the molecule is CCCOCO[Si](C)(OC)OC.O. The van der Waals surface area contributed by atoms with Gasteiger partial charge in [-0.25, -0.2) is 0 Å². The summed E-state index contributed by atoms with van der Waals surface area (Å²) >= 11 is 0. The predicted molar refractivity (Wildman–Crippen MR) is 51.4 cm³/mol. The number of hydrogen-bond acceptors (Lipinski definition) is 4. The van der Waals surface area contributed by atoms with Crippen molar-refractivity contribution in [3.63, 3.8) is 0 Å². The fraction of sp³-hybridized carbons (Fsp3) is 1.00. The van der Waals surface area contributed by atoms with Crippen LogP contribution in [0.1, 0.15) is 13.3 Å². The van der Waals surface area contributed by atoms with Crippen molar-refractivity contribution in [3.8, 4) is 0 Å². The summed E-state index contributed by atoms with van der Waals surface area (Å²) in [5, 5.41) is 0. The fourth-order valence-corrected chi connectivity index (χ4v) is 1.25. The molecule has 0 aromatic rings. The lowest BCUT2D eigenvalue weighted by molar-refractivity contribution is -0.0299. The van der Waals surface area contributed by atoms with Gasteiger partial charge in [-0.3, -0.25) is 0 Å². The maximum absolute atomic E-state index is 5.30. The van der Waals surface area contributed by atoms with Crippen molar-refractivity contribution in [2.24, 2.45) is 0 Å². The summed E-state index contributed by atoms with van der Waals surface area (Å²) in [7, 11) is 0.785. The molecule has 0 atom stereocenters. The first-order valence-electron chi connectivity index (χ1n) is 4.00.